The van der Waals surface area contributed by atoms with Crippen molar-refractivity contribution < 1.29 is 17.1 Å². The number of fused-ring (bicyclic) bond motifs is 10. The van der Waals surface area contributed by atoms with Crippen LogP contribution in [0.15, 0.2) is 229 Å². The second-order valence-electron chi connectivity index (χ2n) is 19.6. The minimum Gasteiger partial charge on any atom is -0.656 e. The molecule has 0 fully saturated rings. The first-order valence-electron chi connectivity index (χ1n) is 26.5. The maximum Gasteiger partial charge on any atom is 2.00 e. The zero-order valence-corrected chi connectivity index (χ0v) is 54.5. The molecule has 0 unspecified atom stereocenters. The normalized spacial score (nSPS) is 14.4. The molecular formula is C68H36CuN4S12. The molecule has 17 heteroatoms. The summed E-state index contributed by atoms with van der Waals surface area (Å²) in [5.41, 5.74) is 22.1. The second kappa shape index (κ2) is 22.7. The summed E-state index contributed by atoms with van der Waals surface area (Å²) in [7, 11) is 0. The first-order valence-corrected chi connectivity index (χ1v) is 37.3. The first-order chi connectivity index (χ1) is 41.7. The summed E-state index contributed by atoms with van der Waals surface area (Å²) >= 11 is 20.9. The molecule has 4 nitrogen and oxygen atoms in total. The van der Waals surface area contributed by atoms with Crippen molar-refractivity contribution in [2.24, 2.45) is 9.98 Å². The van der Waals surface area contributed by atoms with Gasteiger partial charge in [0, 0.05) is 61.3 Å². The molecule has 14 aromatic rings. The van der Waals surface area contributed by atoms with Crippen LogP contribution in [0.4, 0.5) is 0 Å². The van der Waals surface area contributed by atoms with E-state index in [-0.39, 0.29) is 17.1 Å². The molecule has 0 saturated carbocycles. The maximum absolute atomic E-state index is 6.33. The Labute approximate surface area is 547 Å². The molecule has 8 bridgehead atoms. The van der Waals surface area contributed by atoms with Crippen molar-refractivity contribution in [1.82, 2.24) is 9.97 Å². The van der Waals surface area contributed by atoms with E-state index in [0.29, 0.717) is 0 Å². The largest absolute Gasteiger partial charge is 2.00 e. The van der Waals surface area contributed by atoms with Gasteiger partial charge in [-0.3, -0.25) is 0 Å². The van der Waals surface area contributed by atoms with Crippen molar-refractivity contribution >= 4 is 192 Å². The molecule has 0 aromatic carbocycles. The van der Waals surface area contributed by atoms with Gasteiger partial charge in [0.25, 0.3) is 0 Å². The molecule has 0 spiro atoms. The molecule has 2 aliphatic heterocycles. The van der Waals surface area contributed by atoms with E-state index < -0.39 is 0 Å². The molecule has 14 aromatic heterocycles. The van der Waals surface area contributed by atoms with Crippen LogP contribution in [0.2, 0.25) is 0 Å². The number of aliphatic imine (C=N–C) groups is 2. The van der Waals surface area contributed by atoms with E-state index in [1.807, 2.05) is 0 Å². The van der Waals surface area contributed by atoms with Gasteiger partial charge in [0.1, 0.15) is 0 Å². The Morgan fingerprint density at radius 3 is 0.824 bits per heavy atom. The van der Waals surface area contributed by atoms with Crippen molar-refractivity contribution in [2.45, 2.75) is 0 Å². The van der Waals surface area contributed by atoms with Gasteiger partial charge in [0.2, 0.25) is 0 Å². The Morgan fingerprint density at radius 2 is 0.541 bits per heavy atom. The molecule has 1 radical (unpaired) electrons. The van der Waals surface area contributed by atoms with Crippen LogP contribution in [0.1, 0.15) is 53.2 Å². The fraction of sp³-hybridized carbons (Fsp3) is 0. The average Bonchev–Trinajstić information content (AvgIpc) is 1.72. The van der Waals surface area contributed by atoms with Crippen LogP contribution in [0.3, 0.4) is 0 Å². The van der Waals surface area contributed by atoms with Gasteiger partial charge in [-0.2, -0.15) is 45.3 Å². The van der Waals surface area contributed by atoms with Gasteiger partial charge in [0.15, 0.2) is 0 Å². The molecule has 0 saturated heterocycles. The molecule has 16 heterocycles. The fourth-order valence-electron chi connectivity index (χ4n) is 11.7. The summed E-state index contributed by atoms with van der Waals surface area (Å²) in [6, 6.07) is 44.7. The van der Waals surface area contributed by atoms with Gasteiger partial charge < -0.3 is 9.97 Å². The molecule has 3 aliphatic rings. The summed E-state index contributed by atoms with van der Waals surface area (Å²) in [5, 5.41) is 37.3. The molecule has 17 rings (SSSR count). The van der Waals surface area contributed by atoms with E-state index in [2.05, 4.69) is 207 Å². The van der Waals surface area contributed by atoms with E-state index >= 15 is 0 Å². The topological polar surface area (TPSA) is 52.9 Å². The van der Waals surface area contributed by atoms with E-state index in [9.17, 15) is 0 Å². The van der Waals surface area contributed by atoms with Gasteiger partial charge >= 0.3 is 17.1 Å². The number of allylic oxidation sites excluding steroid dienone is 4. The average molecular weight is 1360 g/mol. The van der Waals surface area contributed by atoms with Crippen LogP contribution in [0.5, 0.6) is 0 Å². The molecular weight excluding hydrogens is 1320 g/mol. The van der Waals surface area contributed by atoms with Gasteiger partial charge in [0.05, 0.1) is 22.8 Å². The van der Waals surface area contributed by atoms with Crippen LogP contribution in [-0.4, -0.2) is 11.4 Å². The van der Waals surface area contributed by atoms with Crippen LogP contribution in [0, 0.1) is 0 Å². The van der Waals surface area contributed by atoms with Gasteiger partial charge in [-0.05, 0) is 226 Å². The van der Waals surface area contributed by atoms with E-state index in [1.165, 1.54) is 0 Å². The van der Waals surface area contributed by atoms with Crippen LogP contribution >= 0.6 is 136 Å². The fourth-order valence-corrected chi connectivity index (χ4v) is 20.6. The van der Waals surface area contributed by atoms with Gasteiger partial charge in [-0.1, -0.05) is 48.5 Å². The van der Waals surface area contributed by atoms with Crippen molar-refractivity contribution in [3.05, 3.63) is 283 Å². The zero-order chi connectivity index (χ0) is 55.2. The molecule has 0 N–H and O–H groups in total. The Balaban J connectivity index is 0.00000588. The summed E-state index contributed by atoms with van der Waals surface area (Å²) in [5.74, 6) is 0. The van der Waals surface area contributed by atoms with Crippen molar-refractivity contribution in [3.63, 3.8) is 0 Å². The van der Waals surface area contributed by atoms with Crippen LogP contribution < -0.4 is 20.7 Å². The van der Waals surface area contributed by atoms with Gasteiger partial charge in [-0.25, -0.2) is 9.98 Å². The van der Waals surface area contributed by atoms with Crippen LogP contribution in [-0.2, 0) is 17.1 Å². The van der Waals surface area contributed by atoms with Crippen LogP contribution in [0.25, 0.3) is 86.3 Å². The van der Waals surface area contributed by atoms with E-state index in [0.717, 1.165) is 173 Å². The minimum absolute atomic E-state index is 0. The Bertz CT molecular complexity index is 4710. The third-order valence-electron chi connectivity index (χ3n) is 15.1. The summed E-state index contributed by atoms with van der Waals surface area (Å²) in [4.78, 5) is 34.4. The van der Waals surface area contributed by atoms with Gasteiger partial charge in [-0.15, -0.1) is 113 Å². The van der Waals surface area contributed by atoms with E-state index in [1.54, 1.807) is 136 Å². The molecule has 0 amide bonds. The third-order valence-corrected chi connectivity index (χ3v) is 24.9. The number of rotatable bonds is 12. The number of thiophene rings is 12. The second-order valence-corrected chi connectivity index (χ2v) is 30.3. The van der Waals surface area contributed by atoms with E-state index in [4.69, 9.17) is 20.0 Å². The Hall–Kier alpha value is -6.48. The van der Waals surface area contributed by atoms with Crippen molar-refractivity contribution in [3.8, 4) is 41.8 Å². The molecule has 1 aliphatic carbocycles. The van der Waals surface area contributed by atoms with Crippen molar-refractivity contribution in [2.75, 3.05) is 0 Å². The SMILES string of the molecule is [Cu+2].c1csc(C2=C(c3cccs3)C3=C(c4ccsc4)c4[n-]c(c(-c5cccs5)c4-c4cccs4)C(c4ccsc4)=C4N=C(C(c5cccs5)=C4c4cccs4)C(c4ccsc4)=c4[n-]c(c(-c5cccs5)c4-c4cccs4)=C(c4ccsc4)C2=N3)c1. The summed E-state index contributed by atoms with van der Waals surface area (Å²) < 4.78 is 0. The zero-order valence-electron chi connectivity index (χ0n) is 43.8. The first kappa shape index (κ1) is 54.0. The summed E-state index contributed by atoms with van der Waals surface area (Å²) in [6.45, 7) is 0. The summed E-state index contributed by atoms with van der Waals surface area (Å²) in [6.07, 6.45) is 0. The number of hydrogen-bond acceptors (Lipinski definition) is 14. The van der Waals surface area contributed by atoms with Crippen molar-refractivity contribution in [1.29, 1.82) is 0 Å². The molecule has 411 valence electrons. The molecule has 85 heavy (non-hydrogen) atoms. The number of nitrogens with zero attached hydrogens (tertiary/aromatic N) is 4. The predicted molar refractivity (Wildman–Crippen MR) is 372 cm³/mol. The molecule has 0 atom stereocenters. The minimum atomic E-state index is 0. The maximum atomic E-state index is 6.33. The number of hydrogen-bond donors (Lipinski definition) is 0. The monoisotopic (exact) mass is 1350 g/mol. The Morgan fingerprint density at radius 1 is 0.259 bits per heavy atom. The quantitative estimate of drug-likeness (QED) is 0.114. The number of aromatic nitrogens is 2. The third kappa shape index (κ3) is 9.01. The smallest absolute Gasteiger partial charge is 0.656 e. The Kier molecular flexibility index (Phi) is 14.4. The standard InChI is InChI=1S/C68H36N4S12.Cu/c1-9-41(77-21-1)53-54(42-10-2-22-78-42)62-50(38-18-30-74-34-38)64-57(45-13-5-25-81-45)58(46-14-6-26-82-46)66(71-64)52(40-20-32-76-36-40)68-60(48-16-8-28-84-48)59(47-15-7-27-83-47)67(72-68)51(39-19-31-75-35-39)65-56(44-12-4-24-80-44)55(43-11-3-23-79-43)63(70-65)49(61(53)69-62)37-17-29-73-33-37;/h1-36H;/q-2;+2. The predicted octanol–water partition coefficient (Wildman–Crippen LogP) is 20.8.